The number of nitrogens with zero attached hydrogens (tertiary/aromatic N) is 2. The van der Waals surface area contributed by atoms with Crippen LogP contribution in [0, 0.1) is 5.41 Å². The van der Waals surface area contributed by atoms with Crippen molar-refractivity contribution in [1.82, 2.24) is 4.98 Å². The normalized spacial score (nSPS) is 10.2. The molecule has 0 bridgehead atoms. The van der Waals surface area contributed by atoms with Gasteiger partial charge < -0.3 is 10.6 Å². The summed E-state index contributed by atoms with van der Waals surface area (Å²) >= 11 is 1.61. The molecule has 0 amide bonds. The van der Waals surface area contributed by atoms with Crippen molar-refractivity contribution in [2.45, 2.75) is 6.54 Å². The Labute approximate surface area is 104 Å². The number of hydrogen-bond acceptors (Lipinski definition) is 4. The fraction of sp³-hybridized carbons (Fsp3) is 0.167. The standard InChI is InChI=1S/C12H14N4S/c1-16(12-15-5-6-17-12)8-9-3-2-4-10(7-9)11(13)14/h2-7H,8H2,1H3,(H3,13,14). The molecule has 0 spiro atoms. The maximum Gasteiger partial charge on any atom is 0.185 e. The number of rotatable bonds is 4. The fourth-order valence-corrected chi connectivity index (χ4v) is 2.19. The molecule has 4 nitrogen and oxygen atoms in total. The highest BCUT2D eigenvalue weighted by Crippen LogP contribution is 2.18. The number of anilines is 1. The van der Waals surface area contributed by atoms with E-state index in [4.69, 9.17) is 11.1 Å². The molecule has 0 radical (unpaired) electrons. The lowest BCUT2D eigenvalue weighted by molar-refractivity contribution is 0.914. The van der Waals surface area contributed by atoms with E-state index in [0.29, 0.717) is 0 Å². The van der Waals surface area contributed by atoms with Gasteiger partial charge >= 0.3 is 0 Å². The van der Waals surface area contributed by atoms with Gasteiger partial charge in [0, 0.05) is 30.7 Å². The van der Waals surface area contributed by atoms with Gasteiger partial charge in [-0.25, -0.2) is 4.98 Å². The molecular weight excluding hydrogens is 232 g/mol. The van der Waals surface area contributed by atoms with Crippen molar-refractivity contribution in [3.63, 3.8) is 0 Å². The lowest BCUT2D eigenvalue weighted by Gasteiger charge is -2.16. The molecule has 2 aromatic rings. The molecule has 3 N–H and O–H groups in total. The molecule has 0 saturated carbocycles. The number of nitrogen functional groups attached to an aromatic ring is 1. The molecule has 0 unspecified atom stereocenters. The van der Waals surface area contributed by atoms with E-state index >= 15 is 0 Å². The van der Waals surface area contributed by atoms with Gasteiger partial charge in [-0.05, 0) is 11.6 Å². The summed E-state index contributed by atoms with van der Waals surface area (Å²) in [6.45, 7) is 0.759. The minimum atomic E-state index is 0.101. The van der Waals surface area contributed by atoms with E-state index in [1.807, 2.05) is 36.7 Å². The van der Waals surface area contributed by atoms with Crippen LogP contribution >= 0.6 is 11.3 Å². The van der Waals surface area contributed by atoms with Crippen LogP contribution in [0.3, 0.4) is 0 Å². The zero-order chi connectivity index (χ0) is 12.3. The molecule has 1 heterocycles. The first-order valence-electron chi connectivity index (χ1n) is 5.21. The Balaban J connectivity index is 2.13. The van der Waals surface area contributed by atoms with Crippen LogP contribution < -0.4 is 10.6 Å². The lowest BCUT2D eigenvalue weighted by atomic mass is 10.1. The summed E-state index contributed by atoms with van der Waals surface area (Å²) in [5.41, 5.74) is 7.35. The monoisotopic (exact) mass is 246 g/mol. The number of thiazole rings is 1. The van der Waals surface area contributed by atoms with Crippen molar-refractivity contribution in [1.29, 1.82) is 5.41 Å². The summed E-state index contributed by atoms with van der Waals surface area (Å²) in [6, 6.07) is 7.72. The van der Waals surface area contributed by atoms with Crippen LogP contribution in [0.15, 0.2) is 35.8 Å². The molecule has 0 aliphatic rings. The van der Waals surface area contributed by atoms with Crippen LogP contribution in [0.2, 0.25) is 0 Å². The number of amidine groups is 1. The summed E-state index contributed by atoms with van der Waals surface area (Å²) in [4.78, 5) is 6.32. The van der Waals surface area contributed by atoms with Crippen molar-refractivity contribution in [3.8, 4) is 0 Å². The molecule has 0 atom stereocenters. The average molecular weight is 246 g/mol. The van der Waals surface area contributed by atoms with E-state index in [2.05, 4.69) is 9.88 Å². The van der Waals surface area contributed by atoms with Gasteiger partial charge in [-0.3, -0.25) is 5.41 Å². The number of aromatic nitrogens is 1. The summed E-state index contributed by atoms with van der Waals surface area (Å²) in [7, 11) is 2.00. The number of nitrogens with one attached hydrogen (secondary N) is 1. The maximum absolute atomic E-state index is 7.41. The van der Waals surface area contributed by atoms with E-state index in [9.17, 15) is 0 Å². The highest BCUT2D eigenvalue weighted by Gasteiger charge is 2.05. The first kappa shape index (κ1) is 11.6. The maximum atomic E-state index is 7.41. The number of hydrogen-bond donors (Lipinski definition) is 2. The van der Waals surface area contributed by atoms with Gasteiger partial charge in [0.1, 0.15) is 5.84 Å². The number of benzene rings is 1. The van der Waals surface area contributed by atoms with Gasteiger partial charge in [-0.15, -0.1) is 11.3 Å². The van der Waals surface area contributed by atoms with Crippen LogP contribution in [0.25, 0.3) is 0 Å². The van der Waals surface area contributed by atoms with E-state index in [0.717, 1.165) is 22.8 Å². The number of nitrogens with two attached hydrogens (primary N) is 1. The zero-order valence-electron chi connectivity index (χ0n) is 9.55. The Morgan fingerprint density at radius 3 is 3.00 bits per heavy atom. The predicted octanol–water partition coefficient (Wildman–Crippen LogP) is 2.06. The van der Waals surface area contributed by atoms with Crippen LogP contribution in [-0.4, -0.2) is 17.9 Å². The van der Waals surface area contributed by atoms with Gasteiger partial charge in [0.25, 0.3) is 0 Å². The third-order valence-electron chi connectivity index (χ3n) is 2.40. The Bertz CT molecular complexity index is 507. The van der Waals surface area contributed by atoms with Crippen LogP contribution in [0.4, 0.5) is 5.13 Å². The van der Waals surface area contributed by atoms with E-state index < -0.39 is 0 Å². The smallest absolute Gasteiger partial charge is 0.185 e. The third-order valence-corrected chi connectivity index (χ3v) is 3.29. The second kappa shape index (κ2) is 4.97. The van der Waals surface area contributed by atoms with Gasteiger partial charge in [-0.1, -0.05) is 18.2 Å². The van der Waals surface area contributed by atoms with Crippen molar-refractivity contribution >= 4 is 22.3 Å². The third kappa shape index (κ3) is 2.82. The minimum absolute atomic E-state index is 0.101. The Morgan fingerprint density at radius 2 is 2.35 bits per heavy atom. The van der Waals surface area contributed by atoms with Crippen molar-refractivity contribution in [3.05, 3.63) is 47.0 Å². The quantitative estimate of drug-likeness (QED) is 0.641. The summed E-state index contributed by atoms with van der Waals surface area (Å²) < 4.78 is 0. The Morgan fingerprint density at radius 1 is 1.53 bits per heavy atom. The molecular formula is C12H14N4S. The van der Waals surface area contributed by atoms with Gasteiger partial charge in [0.05, 0.1) is 0 Å². The highest BCUT2D eigenvalue weighted by atomic mass is 32.1. The van der Waals surface area contributed by atoms with Gasteiger partial charge in [0.2, 0.25) is 0 Å². The molecule has 5 heteroatoms. The van der Waals surface area contributed by atoms with Gasteiger partial charge in [0.15, 0.2) is 5.13 Å². The van der Waals surface area contributed by atoms with Crippen LogP contribution in [0.5, 0.6) is 0 Å². The van der Waals surface area contributed by atoms with Crippen molar-refractivity contribution in [2.75, 3.05) is 11.9 Å². The first-order chi connectivity index (χ1) is 8.16. The van der Waals surface area contributed by atoms with Crippen molar-refractivity contribution < 1.29 is 0 Å². The molecule has 1 aromatic heterocycles. The van der Waals surface area contributed by atoms with Crippen LogP contribution in [0.1, 0.15) is 11.1 Å². The fourth-order valence-electron chi connectivity index (χ4n) is 1.58. The largest absolute Gasteiger partial charge is 0.384 e. The summed E-state index contributed by atoms with van der Waals surface area (Å²) in [6.07, 6.45) is 1.79. The summed E-state index contributed by atoms with van der Waals surface area (Å²) in [5, 5.41) is 10.3. The molecule has 1 aromatic carbocycles. The zero-order valence-corrected chi connectivity index (χ0v) is 10.4. The molecule has 0 saturated heterocycles. The molecule has 0 aliphatic heterocycles. The predicted molar refractivity (Wildman–Crippen MR) is 71.7 cm³/mol. The lowest BCUT2D eigenvalue weighted by Crippen LogP contribution is -2.17. The van der Waals surface area contributed by atoms with E-state index in [-0.39, 0.29) is 5.84 Å². The molecule has 0 aliphatic carbocycles. The molecule has 17 heavy (non-hydrogen) atoms. The molecule has 88 valence electrons. The Hall–Kier alpha value is -1.88. The highest BCUT2D eigenvalue weighted by molar-refractivity contribution is 7.13. The molecule has 2 rings (SSSR count). The van der Waals surface area contributed by atoms with E-state index in [1.54, 1.807) is 17.5 Å². The summed E-state index contributed by atoms with van der Waals surface area (Å²) in [5.74, 6) is 0.101. The SMILES string of the molecule is CN(Cc1cccc(C(=N)N)c1)c1nccs1. The average Bonchev–Trinajstić information content (AvgIpc) is 2.82. The first-order valence-corrected chi connectivity index (χ1v) is 6.09. The van der Waals surface area contributed by atoms with E-state index in [1.165, 1.54) is 0 Å². The van der Waals surface area contributed by atoms with Crippen molar-refractivity contribution in [2.24, 2.45) is 5.73 Å². The Kier molecular flexibility index (Phi) is 3.39. The minimum Gasteiger partial charge on any atom is -0.384 e. The van der Waals surface area contributed by atoms with Crippen LogP contribution in [-0.2, 0) is 6.54 Å². The second-order valence-electron chi connectivity index (χ2n) is 3.78. The second-order valence-corrected chi connectivity index (χ2v) is 4.66. The molecule has 0 fully saturated rings. The van der Waals surface area contributed by atoms with Gasteiger partial charge in [-0.2, -0.15) is 0 Å². The topological polar surface area (TPSA) is 66.0 Å².